The summed E-state index contributed by atoms with van der Waals surface area (Å²) in [4.78, 5) is 12.6. The number of esters is 1. The Bertz CT molecular complexity index is 1160. The standard InChI is InChI=1S/C23H23NO5S/c1-16-14-24(15-17(2)28-16)30(26,27)22-11-8-19(9-12-22)23(25)29-21-10-7-18-5-3-4-6-20(18)13-21/h3-13,16-17H,14-15H2,1-2H3. The number of nitrogens with zero attached hydrogens (tertiary/aromatic N) is 1. The van der Waals surface area contributed by atoms with E-state index in [0.717, 1.165) is 10.8 Å². The van der Waals surface area contributed by atoms with E-state index in [1.54, 1.807) is 12.1 Å². The number of hydrogen-bond acceptors (Lipinski definition) is 5. The summed E-state index contributed by atoms with van der Waals surface area (Å²) in [7, 11) is -3.65. The van der Waals surface area contributed by atoms with Crippen molar-refractivity contribution >= 4 is 26.8 Å². The van der Waals surface area contributed by atoms with Crippen molar-refractivity contribution in [2.24, 2.45) is 0 Å². The maximum Gasteiger partial charge on any atom is 0.343 e. The molecule has 2 unspecified atom stereocenters. The molecule has 0 aromatic heterocycles. The summed E-state index contributed by atoms with van der Waals surface area (Å²) in [6.07, 6.45) is -0.334. The summed E-state index contributed by atoms with van der Waals surface area (Å²) in [5.74, 6) is -0.102. The van der Waals surface area contributed by atoms with Crippen LogP contribution in [0.1, 0.15) is 24.2 Å². The van der Waals surface area contributed by atoms with Crippen LogP contribution in [-0.2, 0) is 14.8 Å². The molecule has 0 N–H and O–H groups in total. The summed E-state index contributed by atoms with van der Waals surface area (Å²) in [6.45, 7) is 4.31. The Labute approximate surface area is 176 Å². The number of carbonyl (C=O) groups excluding carboxylic acids is 1. The maximum absolute atomic E-state index is 12.9. The van der Waals surface area contributed by atoms with Gasteiger partial charge in [0.2, 0.25) is 10.0 Å². The number of carbonyl (C=O) groups is 1. The van der Waals surface area contributed by atoms with Gasteiger partial charge in [-0.3, -0.25) is 0 Å². The van der Waals surface area contributed by atoms with Crippen LogP contribution in [0.5, 0.6) is 5.75 Å². The SMILES string of the molecule is CC1CN(S(=O)(=O)c2ccc(C(=O)Oc3ccc4ccccc4c3)cc2)CC(C)O1. The molecule has 0 aliphatic carbocycles. The highest BCUT2D eigenvalue weighted by molar-refractivity contribution is 7.89. The molecule has 1 fully saturated rings. The van der Waals surface area contributed by atoms with Crippen LogP contribution in [0.3, 0.4) is 0 Å². The molecule has 6 nitrogen and oxygen atoms in total. The van der Waals surface area contributed by atoms with E-state index in [0.29, 0.717) is 18.8 Å². The summed E-state index contributed by atoms with van der Waals surface area (Å²) >= 11 is 0. The molecule has 1 aliphatic rings. The zero-order valence-electron chi connectivity index (χ0n) is 16.8. The Kier molecular flexibility index (Phi) is 5.60. The largest absolute Gasteiger partial charge is 0.423 e. The van der Waals surface area contributed by atoms with E-state index >= 15 is 0 Å². The number of benzene rings is 3. The molecule has 0 amide bonds. The van der Waals surface area contributed by atoms with Crippen LogP contribution in [-0.4, -0.2) is 44.0 Å². The average molecular weight is 426 g/mol. The van der Waals surface area contributed by atoms with Crippen molar-refractivity contribution in [1.82, 2.24) is 4.31 Å². The predicted molar refractivity (Wildman–Crippen MR) is 114 cm³/mol. The van der Waals surface area contributed by atoms with Gasteiger partial charge >= 0.3 is 5.97 Å². The van der Waals surface area contributed by atoms with Crippen molar-refractivity contribution < 1.29 is 22.7 Å². The highest BCUT2D eigenvalue weighted by Crippen LogP contribution is 2.23. The van der Waals surface area contributed by atoms with Gasteiger partial charge in [0.25, 0.3) is 0 Å². The molecule has 1 aliphatic heterocycles. The zero-order chi connectivity index (χ0) is 21.3. The Morgan fingerprint density at radius 2 is 1.57 bits per heavy atom. The molecular weight excluding hydrogens is 402 g/mol. The van der Waals surface area contributed by atoms with Crippen molar-refractivity contribution in [1.29, 1.82) is 0 Å². The normalized spacial score (nSPS) is 20.2. The van der Waals surface area contributed by atoms with Crippen LogP contribution in [0.4, 0.5) is 0 Å². The van der Waals surface area contributed by atoms with Gasteiger partial charge in [0, 0.05) is 13.1 Å². The van der Waals surface area contributed by atoms with E-state index in [-0.39, 0.29) is 22.7 Å². The first-order valence-electron chi connectivity index (χ1n) is 9.79. The van der Waals surface area contributed by atoms with Gasteiger partial charge < -0.3 is 9.47 Å². The van der Waals surface area contributed by atoms with E-state index in [2.05, 4.69) is 0 Å². The molecule has 0 bridgehead atoms. The van der Waals surface area contributed by atoms with E-state index in [9.17, 15) is 13.2 Å². The third-order valence-electron chi connectivity index (χ3n) is 5.05. The van der Waals surface area contributed by atoms with Crippen molar-refractivity contribution in [3.8, 4) is 5.75 Å². The lowest BCUT2D eigenvalue weighted by atomic mass is 10.1. The molecular formula is C23H23NO5S. The second-order valence-electron chi connectivity index (χ2n) is 7.50. The Balaban J connectivity index is 1.50. The van der Waals surface area contributed by atoms with Crippen LogP contribution in [0, 0.1) is 0 Å². The molecule has 7 heteroatoms. The zero-order valence-corrected chi connectivity index (χ0v) is 17.6. The molecule has 156 valence electrons. The Morgan fingerprint density at radius 1 is 0.933 bits per heavy atom. The van der Waals surface area contributed by atoms with Gasteiger partial charge in [-0.15, -0.1) is 0 Å². The van der Waals surface area contributed by atoms with Crippen LogP contribution in [0.15, 0.2) is 71.6 Å². The number of hydrogen-bond donors (Lipinski definition) is 0. The Hall–Kier alpha value is -2.74. The lowest BCUT2D eigenvalue weighted by Crippen LogP contribution is -2.48. The molecule has 4 rings (SSSR count). The smallest absolute Gasteiger partial charge is 0.343 e. The second kappa shape index (κ2) is 8.18. The summed E-state index contributed by atoms with van der Waals surface area (Å²) in [6, 6.07) is 19.0. The molecule has 0 spiro atoms. The minimum absolute atomic E-state index is 0.144. The first-order valence-corrected chi connectivity index (χ1v) is 11.2. The highest BCUT2D eigenvalue weighted by Gasteiger charge is 2.32. The third-order valence-corrected chi connectivity index (χ3v) is 6.89. The summed E-state index contributed by atoms with van der Waals surface area (Å²) < 4.78 is 38.4. The van der Waals surface area contributed by atoms with E-state index in [1.807, 2.05) is 44.2 Å². The van der Waals surface area contributed by atoms with Gasteiger partial charge in [-0.2, -0.15) is 4.31 Å². The van der Waals surface area contributed by atoms with Crippen LogP contribution in [0.25, 0.3) is 10.8 Å². The third kappa shape index (κ3) is 4.23. The minimum atomic E-state index is -3.65. The highest BCUT2D eigenvalue weighted by atomic mass is 32.2. The van der Waals surface area contributed by atoms with Crippen LogP contribution >= 0.6 is 0 Å². The van der Waals surface area contributed by atoms with E-state index in [1.165, 1.54) is 28.6 Å². The second-order valence-corrected chi connectivity index (χ2v) is 9.44. The molecule has 30 heavy (non-hydrogen) atoms. The number of rotatable bonds is 4. The summed E-state index contributed by atoms with van der Waals surface area (Å²) in [5.41, 5.74) is 0.283. The fourth-order valence-electron chi connectivity index (χ4n) is 3.64. The molecule has 1 heterocycles. The van der Waals surface area contributed by atoms with E-state index < -0.39 is 16.0 Å². The lowest BCUT2D eigenvalue weighted by molar-refractivity contribution is -0.0440. The minimum Gasteiger partial charge on any atom is -0.423 e. The maximum atomic E-state index is 12.9. The number of sulfonamides is 1. The van der Waals surface area contributed by atoms with Gasteiger partial charge in [0.1, 0.15) is 5.75 Å². The fourth-order valence-corrected chi connectivity index (χ4v) is 5.23. The lowest BCUT2D eigenvalue weighted by Gasteiger charge is -2.34. The topological polar surface area (TPSA) is 72.9 Å². The molecule has 2 atom stereocenters. The summed E-state index contributed by atoms with van der Waals surface area (Å²) in [5, 5.41) is 2.02. The number of morpholine rings is 1. The quantitative estimate of drug-likeness (QED) is 0.469. The van der Waals surface area contributed by atoms with Gasteiger partial charge in [-0.1, -0.05) is 30.3 Å². The number of ether oxygens (including phenoxy) is 2. The molecule has 3 aromatic carbocycles. The first-order chi connectivity index (χ1) is 14.3. The van der Waals surface area contributed by atoms with Crippen molar-refractivity contribution in [3.05, 3.63) is 72.3 Å². The Morgan fingerprint density at radius 3 is 2.23 bits per heavy atom. The van der Waals surface area contributed by atoms with E-state index in [4.69, 9.17) is 9.47 Å². The average Bonchev–Trinajstić information content (AvgIpc) is 2.73. The molecule has 3 aromatic rings. The molecule has 0 radical (unpaired) electrons. The molecule has 0 saturated carbocycles. The van der Waals surface area contributed by atoms with Crippen molar-refractivity contribution in [2.45, 2.75) is 31.0 Å². The van der Waals surface area contributed by atoms with Crippen LogP contribution in [0.2, 0.25) is 0 Å². The van der Waals surface area contributed by atoms with Crippen molar-refractivity contribution in [3.63, 3.8) is 0 Å². The van der Waals surface area contributed by atoms with Gasteiger partial charge in [0.15, 0.2) is 0 Å². The molecule has 1 saturated heterocycles. The number of fused-ring (bicyclic) bond motifs is 1. The van der Waals surface area contributed by atoms with Gasteiger partial charge in [0.05, 0.1) is 22.7 Å². The van der Waals surface area contributed by atoms with Crippen LogP contribution < -0.4 is 4.74 Å². The first kappa shape index (κ1) is 20.5. The van der Waals surface area contributed by atoms with Gasteiger partial charge in [-0.25, -0.2) is 13.2 Å². The predicted octanol–water partition coefficient (Wildman–Crippen LogP) is 3.86. The monoisotopic (exact) mass is 425 g/mol. The fraction of sp³-hybridized carbons (Fsp3) is 0.261. The van der Waals surface area contributed by atoms with Crippen molar-refractivity contribution in [2.75, 3.05) is 13.1 Å². The van der Waals surface area contributed by atoms with Gasteiger partial charge in [-0.05, 0) is 61.0 Å².